The fourth-order valence-corrected chi connectivity index (χ4v) is 1.84. The molecular formula is C17H18O5. The number of aliphatic hydroxyl groups is 1. The van der Waals surface area contributed by atoms with E-state index in [9.17, 15) is 15.0 Å². The van der Waals surface area contributed by atoms with Crippen molar-refractivity contribution in [1.29, 1.82) is 0 Å². The van der Waals surface area contributed by atoms with Gasteiger partial charge in [-0.3, -0.25) is 4.79 Å². The summed E-state index contributed by atoms with van der Waals surface area (Å²) in [5.41, 5.74) is 0.188. The summed E-state index contributed by atoms with van der Waals surface area (Å²) in [6, 6.07) is 13.5. The number of carbonyl (C=O) groups is 1. The number of para-hydroxylation sites is 1. The number of carbonyl (C=O) groups excluding carboxylic acids is 1. The topological polar surface area (TPSA) is 76.0 Å². The van der Waals surface area contributed by atoms with Crippen LogP contribution in [0.3, 0.4) is 0 Å². The minimum atomic E-state index is -0.810. The van der Waals surface area contributed by atoms with Crippen LogP contribution in [0.1, 0.15) is 17.3 Å². The zero-order valence-corrected chi connectivity index (χ0v) is 12.2. The van der Waals surface area contributed by atoms with Crippen molar-refractivity contribution in [3.05, 3.63) is 54.1 Å². The molecular weight excluding hydrogens is 284 g/mol. The zero-order chi connectivity index (χ0) is 15.9. The normalized spacial score (nSPS) is 11.7. The lowest BCUT2D eigenvalue weighted by Crippen LogP contribution is -2.25. The molecule has 5 nitrogen and oxygen atoms in total. The third-order valence-electron chi connectivity index (χ3n) is 2.98. The van der Waals surface area contributed by atoms with Crippen LogP contribution in [0, 0.1) is 0 Å². The smallest absolute Gasteiger partial charge is 0.163 e. The van der Waals surface area contributed by atoms with Crippen molar-refractivity contribution in [1.82, 2.24) is 0 Å². The maximum atomic E-state index is 11.3. The Morgan fingerprint density at radius 1 is 1.05 bits per heavy atom. The second-order valence-electron chi connectivity index (χ2n) is 4.82. The number of ether oxygens (including phenoxy) is 2. The van der Waals surface area contributed by atoms with Crippen LogP contribution < -0.4 is 9.47 Å². The molecule has 0 fully saturated rings. The Balaban J connectivity index is 1.84. The molecule has 0 heterocycles. The van der Waals surface area contributed by atoms with Crippen LogP contribution in [0.15, 0.2) is 48.5 Å². The predicted octanol–water partition coefficient (Wildman–Crippen LogP) is 2.41. The molecule has 0 saturated heterocycles. The molecule has 2 rings (SSSR count). The van der Waals surface area contributed by atoms with Crippen molar-refractivity contribution < 1.29 is 24.5 Å². The number of hydrogen-bond donors (Lipinski definition) is 2. The van der Waals surface area contributed by atoms with Gasteiger partial charge in [-0.2, -0.15) is 0 Å². The molecule has 0 aliphatic rings. The minimum absolute atomic E-state index is 0.0228. The van der Waals surface area contributed by atoms with Crippen LogP contribution in [0.5, 0.6) is 17.2 Å². The lowest BCUT2D eigenvalue weighted by atomic mass is 10.1. The first-order chi connectivity index (χ1) is 10.6. The first-order valence-electron chi connectivity index (χ1n) is 6.89. The van der Waals surface area contributed by atoms with Gasteiger partial charge in [0.1, 0.15) is 36.6 Å². The molecule has 0 amide bonds. The molecule has 0 aliphatic carbocycles. The van der Waals surface area contributed by atoms with E-state index in [-0.39, 0.29) is 30.3 Å². The fourth-order valence-electron chi connectivity index (χ4n) is 1.84. The molecule has 0 aliphatic heterocycles. The molecule has 116 valence electrons. The van der Waals surface area contributed by atoms with E-state index in [2.05, 4.69) is 0 Å². The molecule has 0 radical (unpaired) electrons. The third kappa shape index (κ3) is 4.49. The van der Waals surface area contributed by atoms with E-state index in [0.29, 0.717) is 11.5 Å². The first kappa shape index (κ1) is 15.9. The Labute approximate surface area is 128 Å². The van der Waals surface area contributed by atoms with Gasteiger partial charge in [0.15, 0.2) is 5.78 Å². The van der Waals surface area contributed by atoms with Crippen molar-refractivity contribution in [2.24, 2.45) is 0 Å². The van der Waals surface area contributed by atoms with Crippen LogP contribution in [-0.4, -0.2) is 35.3 Å². The predicted molar refractivity (Wildman–Crippen MR) is 81.6 cm³/mol. The number of aliphatic hydroxyl groups excluding tert-OH is 1. The summed E-state index contributed by atoms with van der Waals surface area (Å²) in [6.07, 6.45) is -0.810. The lowest BCUT2D eigenvalue weighted by molar-refractivity contribution is 0.0626. The summed E-state index contributed by atoms with van der Waals surface area (Å²) in [7, 11) is 0. The van der Waals surface area contributed by atoms with E-state index in [4.69, 9.17) is 9.47 Å². The summed E-state index contributed by atoms with van der Waals surface area (Å²) < 4.78 is 10.8. The van der Waals surface area contributed by atoms with Crippen LogP contribution in [-0.2, 0) is 0 Å². The van der Waals surface area contributed by atoms with Crippen molar-refractivity contribution in [2.75, 3.05) is 13.2 Å². The number of benzene rings is 2. The summed E-state index contributed by atoms with van der Waals surface area (Å²) in [6.45, 7) is 1.48. The Morgan fingerprint density at radius 3 is 2.32 bits per heavy atom. The molecule has 1 unspecified atom stereocenters. The van der Waals surface area contributed by atoms with E-state index >= 15 is 0 Å². The highest BCUT2D eigenvalue weighted by Crippen LogP contribution is 2.23. The van der Waals surface area contributed by atoms with Gasteiger partial charge in [-0.25, -0.2) is 0 Å². The number of aromatic hydroxyl groups is 1. The number of hydrogen-bond acceptors (Lipinski definition) is 5. The molecule has 2 N–H and O–H groups in total. The molecule has 2 aromatic carbocycles. The number of ketones is 1. The highest BCUT2D eigenvalue weighted by molar-refractivity contribution is 5.97. The number of rotatable bonds is 7. The fraction of sp³-hybridized carbons (Fsp3) is 0.235. The summed E-state index contributed by atoms with van der Waals surface area (Å²) in [4.78, 5) is 11.3. The van der Waals surface area contributed by atoms with Crippen molar-refractivity contribution in [3.63, 3.8) is 0 Å². The minimum Gasteiger partial charge on any atom is -0.507 e. The van der Waals surface area contributed by atoms with Crippen molar-refractivity contribution >= 4 is 5.78 Å². The SMILES string of the molecule is CC(=O)c1cc(OCC(O)COc2ccccc2)ccc1O. The van der Waals surface area contributed by atoms with Gasteiger partial charge in [0.25, 0.3) is 0 Å². The second-order valence-corrected chi connectivity index (χ2v) is 4.82. The number of phenolic OH excluding ortho intramolecular Hbond substituents is 1. The maximum Gasteiger partial charge on any atom is 0.163 e. The maximum absolute atomic E-state index is 11.3. The van der Waals surface area contributed by atoms with Gasteiger partial charge in [0.05, 0.1) is 5.56 Å². The Hall–Kier alpha value is -2.53. The average Bonchev–Trinajstić information content (AvgIpc) is 2.53. The molecule has 5 heteroatoms. The number of Topliss-reactive ketones (excluding diaryl/α,β-unsaturated/α-hetero) is 1. The van der Waals surface area contributed by atoms with Gasteiger partial charge >= 0.3 is 0 Å². The highest BCUT2D eigenvalue weighted by atomic mass is 16.5. The van der Waals surface area contributed by atoms with Crippen LogP contribution >= 0.6 is 0 Å². The van der Waals surface area contributed by atoms with E-state index < -0.39 is 6.10 Å². The van der Waals surface area contributed by atoms with Gasteiger partial charge in [-0.1, -0.05) is 18.2 Å². The molecule has 2 aromatic rings. The monoisotopic (exact) mass is 302 g/mol. The standard InChI is InChI=1S/C17H18O5/c1-12(18)16-9-15(7-8-17(16)20)22-11-13(19)10-21-14-5-3-2-4-6-14/h2-9,13,19-20H,10-11H2,1H3. The second kappa shape index (κ2) is 7.47. The van der Waals surface area contributed by atoms with E-state index in [0.717, 1.165) is 0 Å². The summed E-state index contributed by atoms with van der Waals surface area (Å²) >= 11 is 0. The van der Waals surface area contributed by atoms with Gasteiger partial charge in [-0.15, -0.1) is 0 Å². The van der Waals surface area contributed by atoms with Crippen molar-refractivity contribution in [2.45, 2.75) is 13.0 Å². The molecule has 0 saturated carbocycles. The Morgan fingerprint density at radius 2 is 1.68 bits per heavy atom. The molecule has 22 heavy (non-hydrogen) atoms. The highest BCUT2D eigenvalue weighted by Gasteiger charge is 2.10. The van der Waals surface area contributed by atoms with Gasteiger partial charge in [0, 0.05) is 0 Å². The summed E-state index contributed by atoms with van der Waals surface area (Å²) in [5, 5.41) is 19.4. The number of phenols is 1. The van der Waals surface area contributed by atoms with Crippen molar-refractivity contribution in [3.8, 4) is 17.2 Å². The largest absolute Gasteiger partial charge is 0.507 e. The zero-order valence-electron chi connectivity index (χ0n) is 12.2. The lowest BCUT2D eigenvalue weighted by Gasteiger charge is -2.14. The van der Waals surface area contributed by atoms with E-state index in [1.807, 2.05) is 18.2 Å². The molecule has 1 atom stereocenters. The summed E-state index contributed by atoms with van der Waals surface area (Å²) in [5.74, 6) is 0.732. The molecule has 0 aromatic heterocycles. The Kier molecular flexibility index (Phi) is 5.38. The van der Waals surface area contributed by atoms with Crippen LogP contribution in [0.4, 0.5) is 0 Å². The average molecular weight is 302 g/mol. The van der Waals surface area contributed by atoms with Crippen LogP contribution in [0.2, 0.25) is 0 Å². The van der Waals surface area contributed by atoms with Crippen LogP contribution in [0.25, 0.3) is 0 Å². The molecule has 0 spiro atoms. The third-order valence-corrected chi connectivity index (χ3v) is 2.98. The molecule has 0 bridgehead atoms. The first-order valence-corrected chi connectivity index (χ1v) is 6.89. The quantitative estimate of drug-likeness (QED) is 0.768. The Bertz CT molecular complexity index is 624. The van der Waals surface area contributed by atoms with Gasteiger partial charge in [0.2, 0.25) is 0 Å². The van der Waals surface area contributed by atoms with E-state index in [1.165, 1.54) is 25.1 Å². The van der Waals surface area contributed by atoms with Gasteiger partial charge in [-0.05, 0) is 37.3 Å². The van der Waals surface area contributed by atoms with Gasteiger partial charge < -0.3 is 19.7 Å². The van der Waals surface area contributed by atoms with E-state index in [1.54, 1.807) is 12.1 Å².